The highest BCUT2D eigenvalue weighted by Gasteiger charge is 2.22. The van der Waals surface area contributed by atoms with Crippen molar-refractivity contribution >= 4 is 21.9 Å². The number of aryl methyl sites for hydroxylation is 2. The van der Waals surface area contributed by atoms with E-state index in [0.717, 1.165) is 26.7 Å². The Morgan fingerprint density at radius 2 is 1.95 bits per heavy atom. The van der Waals surface area contributed by atoms with Crippen LogP contribution in [0.3, 0.4) is 0 Å². The Kier molecular flexibility index (Phi) is 4.61. The highest BCUT2D eigenvalue weighted by molar-refractivity contribution is 9.10. The number of carbonyl (C=O) groups is 1. The molecule has 3 heteroatoms. The summed E-state index contributed by atoms with van der Waals surface area (Å²) in [6.07, 6.45) is 0.499. The fourth-order valence-corrected chi connectivity index (χ4v) is 2.81. The molecule has 0 spiro atoms. The molecular weight excluding hydrogens is 316 g/mol. The number of benzene rings is 2. The Labute approximate surface area is 127 Å². The number of hydrogen-bond donors (Lipinski definition) is 1. The van der Waals surface area contributed by atoms with E-state index in [-0.39, 0.29) is 0 Å². The number of carboxylic acid groups (broad SMARTS) is 1. The largest absolute Gasteiger partial charge is 0.481 e. The summed E-state index contributed by atoms with van der Waals surface area (Å²) in [5, 5.41) is 9.56. The smallest absolute Gasteiger partial charge is 0.311 e. The Bertz CT molecular complexity index is 635. The normalized spacial score (nSPS) is 12.2. The number of carboxylic acids is 1. The van der Waals surface area contributed by atoms with E-state index in [9.17, 15) is 9.90 Å². The second-order valence-electron chi connectivity index (χ2n) is 5.08. The van der Waals surface area contributed by atoms with Gasteiger partial charge in [-0.15, -0.1) is 0 Å². The third-order valence-corrected chi connectivity index (χ3v) is 3.93. The molecule has 0 aliphatic rings. The standard InChI is InChI=1S/C17H17BrO2/c1-11-6-7-12(2)15(8-11)16(17(19)20)10-13-4-3-5-14(18)9-13/h3-9,16H,10H2,1-2H3,(H,19,20). The minimum Gasteiger partial charge on any atom is -0.481 e. The fraction of sp³-hybridized carbons (Fsp3) is 0.235. The van der Waals surface area contributed by atoms with Crippen molar-refractivity contribution < 1.29 is 9.90 Å². The minimum atomic E-state index is -0.779. The van der Waals surface area contributed by atoms with E-state index in [4.69, 9.17) is 0 Å². The molecule has 2 aromatic rings. The van der Waals surface area contributed by atoms with E-state index in [1.807, 2.05) is 56.3 Å². The predicted molar refractivity (Wildman–Crippen MR) is 84.1 cm³/mol. The lowest BCUT2D eigenvalue weighted by Gasteiger charge is -2.16. The van der Waals surface area contributed by atoms with E-state index in [1.165, 1.54) is 0 Å². The molecule has 0 saturated heterocycles. The summed E-state index contributed by atoms with van der Waals surface area (Å²) >= 11 is 3.42. The molecule has 2 rings (SSSR count). The van der Waals surface area contributed by atoms with E-state index in [1.54, 1.807) is 0 Å². The van der Waals surface area contributed by atoms with Gasteiger partial charge >= 0.3 is 5.97 Å². The third kappa shape index (κ3) is 3.48. The van der Waals surface area contributed by atoms with Gasteiger partial charge in [0.25, 0.3) is 0 Å². The van der Waals surface area contributed by atoms with Crippen molar-refractivity contribution in [1.29, 1.82) is 0 Å². The van der Waals surface area contributed by atoms with Crippen LogP contribution in [0.2, 0.25) is 0 Å². The Hall–Kier alpha value is -1.61. The van der Waals surface area contributed by atoms with Crippen molar-refractivity contribution in [2.24, 2.45) is 0 Å². The van der Waals surface area contributed by atoms with Crippen LogP contribution in [-0.2, 0) is 11.2 Å². The molecule has 0 fully saturated rings. The molecular formula is C17H17BrO2. The van der Waals surface area contributed by atoms with Crippen LogP contribution in [0.1, 0.15) is 28.2 Å². The average molecular weight is 333 g/mol. The lowest BCUT2D eigenvalue weighted by atomic mass is 9.88. The van der Waals surface area contributed by atoms with Gasteiger partial charge in [-0.2, -0.15) is 0 Å². The molecule has 0 aliphatic heterocycles. The molecule has 2 nitrogen and oxygen atoms in total. The lowest BCUT2D eigenvalue weighted by Crippen LogP contribution is -2.16. The van der Waals surface area contributed by atoms with Crippen LogP contribution in [-0.4, -0.2) is 11.1 Å². The molecule has 0 radical (unpaired) electrons. The van der Waals surface area contributed by atoms with Crippen LogP contribution in [0, 0.1) is 13.8 Å². The number of hydrogen-bond acceptors (Lipinski definition) is 1. The predicted octanol–water partition coefficient (Wildman–Crippen LogP) is 4.48. The monoisotopic (exact) mass is 332 g/mol. The SMILES string of the molecule is Cc1ccc(C)c(C(Cc2cccc(Br)c2)C(=O)O)c1. The van der Waals surface area contributed by atoms with Crippen molar-refractivity contribution in [3.63, 3.8) is 0 Å². The van der Waals surface area contributed by atoms with Crippen molar-refractivity contribution in [2.75, 3.05) is 0 Å². The van der Waals surface area contributed by atoms with Crippen molar-refractivity contribution in [1.82, 2.24) is 0 Å². The van der Waals surface area contributed by atoms with E-state index in [2.05, 4.69) is 15.9 Å². The first-order valence-corrected chi connectivity index (χ1v) is 7.31. The van der Waals surface area contributed by atoms with Crippen LogP contribution in [0.15, 0.2) is 46.9 Å². The van der Waals surface area contributed by atoms with E-state index in [0.29, 0.717) is 6.42 Å². The summed E-state index contributed by atoms with van der Waals surface area (Å²) in [5.41, 5.74) is 4.04. The molecule has 0 saturated carbocycles. The maximum absolute atomic E-state index is 11.6. The zero-order chi connectivity index (χ0) is 14.7. The quantitative estimate of drug-likeness (QED) is 0.896. The van der Waals surface area contributed by atoms with E-state index >= 15 is 0 Å². The molecule has 1 unspecified atom stereocenters. The topological polar surface area (TPSA) is 37.3 Å². The first-order chi connectivity index (χ1) is 9.47. The van der Waals surface area contributed by atoms with Crippen LogP contribution in [0.4, 0.5) is 0 Å². The summed E-state index contributed by atoms with van der Waals surface area (Å²) in [5.74, 6) is -1.29. The number of aliphatic carboxylic acids is 1. The van der Waals surface area contributed by atoms with Crippen LogP contribution in [0.5, 0.6) is 0 Å². The lowest BCUT2D eigenvalue weighted by molar-refractivity contribution is -0.138. The van der Waals surface area contributed by atoms with Gasteiger partial charge in [-0.25, -0.2) is 0 Å². The molecule has 0 aliphatic carbocycles. The Morgan fingerprint density at radius 3 is 2.60 bits per heavy atom. The van der Waals surface area contributed by atoms with Gasteiger partial charge < -0.3 is 5.11 Å². The Balaban J connectivity index is 2.37. The first kappa shape index (κ1) is 14.8. The minimum absolute atomic E-state index is 0.499. The highest BCUT2D eigenvalue weighted by atomic mass is 79.9. The van der Waals surface area contributed by atoms with Crippen molar-refractivity contribution in [2.45, 2.75) is 26.2 Å². The van der Waals surface area contributed by atoms with Gasteiger partial charge in [-0.05, 0) is 49.1 Å². The van der Waals surface area contributed by atoms with Gasteiger partial charge in [0.15, 0.2) is 0 Å². The molecule has 2 aromatic carbocycles. The van der Waals surface area contributed by atoms with Crippen molar-refractivity contribution in [3.05, 3.63) is 69.2 Å². The maximum Gasteiger partial charge on any atom is 0.311 e. The summed E-state index contributed by atoms with van der Waals surface area (Å²) in [6, 6.07) is 13.8. The molecule has 0 aromatic heterocycles. The number of rotatable bonds is 4. The Morgan fingerprint density at radius 1 is 1.20 bits per heavy atom. The fourth-order valence-electron chi connectivity index (χ4n) is 2.37. The molecule has 104 valence electrons. The van der Waals surface area contributed by atoms with Gasteiger partial charge in [0.1, 0.15) is 0 Å². The number of halogens is 1. The van der Waals surface area contributed by atoms with Gasteiger partial charge in [0.05, 0.1) is 5.92 Å². The second-order valence-corrected chi connectivity index (χ2v) is 6.00. The molecule has 0 amide bonds. The van der Waals surface area contributed by atoms with Gasteiger partial charge in [-0.3, -0.25) is 4.79 Å². The zero-order valence-corrected chi connectivity index (χ0v) is 13.1. The summed E-state index contributed by atoms with van der Waals surface area (Å²) < 4.78 is 0.972. The van der Waals surface area contributed by atoms with Crippen LogP contribution in [0.25, 0.3) is 0 Å². The van der Waals surface area contributed by atoms with Gasteiger partial charge in [0, 0.05) is 4.47 Å². The van der Waals surface area contributed by atoms with Crippen LogP contribution < -0.4 is 0 Å². The summed E-state index contributed by atoms with van der Waals surface area (Å²) in [7, 11) is 0. The zero-order valence-electron chi connectivity index (χ0n) is 11.6. The molecule has 0 bridgehead atoms. The first-order valence-electron chi connectivity index (χ1n) is 6.52. The maximum atomic E-state index is 11.6. The molecule has 1 atom stereocenters. The van der Waals surface area contributed by atoms with Crippen LogP contribution >= 0.6 is 15.9 Å². The second kappa shape index (κ2) is 6.23. The van der Waals surface area contributed by atoms with E-state index < -0.39 is 11.9 Å². The van der Waals surface area contributed by atoms with Gasteiger partial charge in [-0.1, -0.05) is 51.8 Å². The highest BCUT2D eigenvalue weighted by Crippen LogP contribution is 2.26. The molecule has 20 heavy (non-hydrogen) atoms. The molecule has 0 heterocycles. The molecule has 1 N–H and O–H groups in total. The van der Waals surface area contributed by atoms with Crippen molar-refractivity contribution in [3.8, 4) is 0 Å². The van der Waals surface area contributed by atoms with Gasteiger partial charge in [0.2, 0.25) is 0 Å². The summed E-state index contributed by atoms with van der Waals surface area (Å²) in [6.45, 7) is 3.95. The average Bonchev–Trinajstić information content (AvgIpc) is 2.39. The third-order valence-electron chi connectivity index (χ3n) is 3.44. The summed E-state index contributed by atoms with van der Waals surface area (Å²) in [4.78, 5) is 11.6.